The van der Waals surface area contributed by atoms with Crippen molar-refractivity contribution in [2.24, 2.45) is 0 Å². The summed E-state index contributed by atoms with van der Waals surface area (Å²) in [4.78, 5) is 24.0. The number of nitrogens with one attached hydrogen (secondary N) is 3. The summed E-state index contributed by atoms with van der Waals surface area (Å²) in [6.07, 6.45) is 13.7. The van der Waals surface area contributed by atoms with Gasteiger partial charge in [-0.1, -0.05) is 39.0 Å². The maximum atomic E-state index is 11.3. The van der Waals surface area contributed by atoms with Gasteiger partial charge in [0.05, 0.1) is 12.0 Å². The molecule has 1 aromatic carbocycles. The van der Waals surface area contributed by atoms with Crippen molar-refractivity contribution < 1.29 is 9.53 Å². The molecule has 1 fully saturated rings. The van der Waals surface area contributed by atoms with Crippen molar-refractivity contribution in [3.63, 3.8) is 0 Å². The fourth-order valence-electron chi connectivity index (χ4n) is 4.46. The molecule has 0 aliphatic heterocycles. The van der Waals surface area contributed by atoms with Crippen LogP contribution < -0.4 is 15.4 Å². The van der Waals surface area contributed by atoms with E-state index < -0.39 is 0 Å². The quantitative estimate of drug-likeness (QED) is 0.243. The summed E-state index contributed by atoms with van der Waals surface area (Å²) in [7, 11) is 0. The molecule has 3 N–H and O–H groups in total. The highest BCUT2D eigenvalue weighted by atomic mass is 16.5. The molecule has 7 heteroatoms. The number of nitrogens with zero attached hydrogens (tertiary/aromatic N) is 2. The Morgan fingerprint density at radius 1 is 1.03 bits per heavy atom. The van der Waals surface area contributed by atoms with Crippen molar-refractivity contribution in [2.45, 2.75) is 83.6 Å². The molecule has 4 rings (SSSR count). The summed E-state index contributed by atoms with van der Waals surface area (Å²) in [5.74, 6) is 2.68. The Balaban J connectivity index is 1.27. The van der Waals surface area contributed by atoms with E-state index in [9.17, 15) is 4.79 Å². The van der Waals surface area contributed by atoms with Crippen molar-refractivity contribution >= 4 is 34.3 Å². The first-order chi connectivity index (χ1) is 16.7. The van der Waals surface area contributed by atoms with Crippen LogP contribution in [0.25, 0.3) is 11.0 Å². The normalized spacial score (nSPS) is 14.3. The molecule has 0 bridgehead atoms. The van der Waals surface area contributed by atoms with Crippen LogP contribution in [0, 0.1) is 0 Å². The first-order valence-electron chi connectivity index (χ1n) is 12.8. The van der Waals surface area contributed by atoms with E-state index in [1.54, 1.807) is 0 Å². The smallest absolute Gasteiger partial charge is 0.231 e. The van der Waals surface area contributed by atoms with Crippen LogP contribution in [-0.2, 0) is 4.79 Å². The minimum atomic E-state index is 0.361. The first kappa shape index (κ1) is 24.0. The van der Waals surface area contributed by atoms with Gasteiger partial charge in [-0.05, 0) is 56.0 Å². The van der Waals surface area contributed by atoms with Gasteiger partial charge < -0.3 is 20.4 Å². The Morgan fingerprint density at radius 2 is 1.82 bits per heavy atom. The number of aromatic nitrogens is 3. The minimum absolute atomic E-state index is 0.361. The number of fused-ring (bicyclic) bond motifs is 1. The summed E-state index contributed by atoms with van der Waals surface area (Å²) >= 11 is 0. The second-order valence-corrected chi connectivity index (χ2v) is 9.17. The standard InChI is InChI=1S/C27H37N5O2/c1-2-22(33)12-8-3-4-9-19-34-23-15-13-21(14-16-23)30-27-31-25-24(17-18-28-25)26(32-27)29-20-10-6-5-7-11-20/h13-18,20H,2-12,19H2,1H3,(H3,28,29,30,31,32). The number of carbonyl (C=O) groups excluding carboxylic acids is 1. The fourth-order valence-corrected chi connectivity index (χ4v) is 4.46. The number of carbonyl (C=O) groups is 1. The monoisotopic (exact) mass is 463 g/mol. The number of rotatable bonds is 13. The highest BCUT2D eigenvalue weighted by molar-refractivity contribution is 5.88. The zero-order chi connectivity index (χ0) is 23.6. The van der Waals surface area contributed by atoms with E-state index in [0.717, 1.165) is 54.0 Å². The molecule has 0 spiro atoms. The van der Waals surface area contributed by atoms with E-state index in [1.165, 1.54) is 32.1 Å². The molecule has 1 saturated carbocycles. The van der Waals surface area contributed by atoms with Crippen LogP contribution in [-0.4, -0.2) is 33.4 Å². The van der Waals surface area contributed by atoms with E-state index in [1.807, 2.05) is 43.5 Å². The second-order valence-electron chi connectivity index (χ2n) is 9.17. The number of hydrogen-bond acceptors (Lipinski definition) is 6. The molecule has 182 valence electrons. The lowest BCUT2D eigenvalue weighted by Crippen LogP contribution is -2.23. The van der Waals surface area contributed by atoms with Gasteiger partial charge in [-0.3, -0.25) is 4.79 Å². The first-order valence-corrected chi connectivity index (χ1v) is 12.8. The number of aromatic amines is 1. The predicted octanol–water partition coefficient (Wildman–Crippen LogP) is 6.75. The zero-order valence-corrected chi connectivity index (χ0v) is 20.2. The van der Waals surface area contributed by atoms with Gasteiger partial charge in [-0.15, -0.1) is 0 Å². The lowest BCUT2D eigenvalue weighted by molar-refractivity contribution is -0.118. The largest absolute Gasteiger partial charge is 0.494 e. The van der Waals surface area contributed by atoms with Crippen molar-refractivity contribution in [3.8, 4) is 5.75 Å². The number of H-pyrrole nitrogens is 1. The Kier molecular flexibility index (Phi) is 8.77. The molecule has 0 radical (unpaired) electrons. The van der Waals surface area contributed by atoms with E-state index >= 15 is 0 Å². The van der Waals surface area contributed by atoms with Crippen LogP contribution in [0.4, 0.5) is 17.5 Å². The summed E-state index contributed by atoms with van der Waals surface area (Å²) in [6, 6.07) is 10.4. The van der Waals surface area contributed by atoms with Crippen molar-refractivity contribution in [2.75, 3.05) is 17.2 Å². The molecular weight excluding hydrogens is 426 g/mol. The van der Waals surface area contributed by atoms with E-state index in [2.05, 4.69) is 20.6 Å². The number of benzene rings is 1. The Labute approximate surface area is 202 Å². The van der Waals surface area contributed by atoms with Crippen LogP contribution in [0.3, 0.4) is 0 Å². The number of Topliss-reactive ketones (excluding diaryl/α,β-unsaturated/α-hetero) is 1. The fraction of sp³-hybridized carbons (Fsp3) is 0.519. The van der Waals surface area contributed by atoms with Crippen LogP contribution in [0.1, 0.15) is 77.6 Å². The Hall–Kier alpha value is -3.09. The Morgan fingerprint density at radius 3 is 2.62 bits per heavy atom. The number of ether oxygens (including phenoxy) is 1. The number of anilines is 3. The average molecular weight is 464 g/mol. The molecule has 2 heterocycles. The van der Waals surface area contributed by atoms with Gasteiger partial charge in [0.15, 0.2) is 0 Å². The second kappa shape index (κ2) is 12.4. The third-order valence-corrected chi connectivity index (χ3v) is 6.49. The van der Waals surface area contributed by atoms with Gasteiger partial charge in [0.2, 0.25) is 5.95 Å². The molecule has 1 aliphatic carbocycles. The lowest BCUT2D eigenvalue weighted by Gasteiger charge is -2.23. The molecule has 2 aromatic heterocycles. The highest BCUT2D eigenvalue weighted by Gasteiger charge is 2.16. The van der Waals surface area contributed by atoms with Crippen molar-refractivity contribution in [1.29, 1.82) is 0 Å². The SMILES string of the molecule is CCC(=O)CCCCCCOc1ccc(Nc2nc(NC3CCCCC3)c3cc[nH]c3n2)cc1. The van der Waals surface area contributed by atoms with Gasteiger partial charge >= 0.3 is 0 Å². The summed E-state index contributed by atoms with van der Waals surface area (Å²) in [6.45, 7) is 2.62. The van der Waals surface area contributed by atoms with Gasteiger partial charge in [0.1, 0.15) is 23.0 Å². The number of ketones is 1. The summed E-state index contributed by atoms with van der Waals surface area (Å²) < 4.78 is 5.87. The van der Waals surface area contributed by atoms with E-state index in [4.69, 9.17) is 9.72 Å². The topological polar surface area (TPSA) is 91.9 Å². The molecule has 0 amide bonds. The van der Waals surface area contributed by atoms with Gasteiger partial charge in [-0.25, -0.2) is 0 Å². The molecule has 0 unspecified atom stereocenters. The van der Waals surface area contributed by atoms with Gasteiger partial charge in [-0.2, -0.15) is 9.97 Å². The van der Waals surface area contributed by atoms with Gasteiger partial charge in [0.25, 0.3) is 0 Å². The van der Waals surface area contributed by atoms with Crippen LogP contribution in [0.5, 0.6) is 5.75 Å². The van der Waals surface area contributed by atoms with E-state index in [-0.39, 0.29) is 0 Å². The summed E-state index contributed by atoms with van der Waals surface area (Å²) in [5, 5.41) is 8.00. The number of unbranched alkanes of at least 4 members (excludes halogenated alkanes) is 3. The molecular formula is C27H37N5O2. The van der Waals surface area contributed by atoms with Crippen molar-refractivity contribution in [1.82, 2.24) is 15.0 Å². The van der Waals surface area contributed by atoms with Gasteiger partial charge in [0, 0.05) is 30.8 Å². The van der Waals surface area contributed by atoms with Crippen LogP contribution in [0.2, 0.25) is 0 Å². The highest BCUT2D eigenvalue weighted by Crippen LogP contribution is 2.27. The minimum Gasteiger partial charge on any atom is -0.494 e. The third-order valence-electron chi connectivity index (χ3n) is 6.49. The molecule has 0 saturated heterocycles. The molecule has 0 atom stereocenters. The number of hydrogen-bond donors (Lipinski definition) is 3. The summed E-state index contributed by atoms with van der Waals surface area (Å²) in [5.41, 5.74) is 1.75. The zero-order valence-electron chi connectivity index (χ0n) is 20.2. The predicted molar refractivity (Wildman–Crippen MR) is 138 cm³/mol. The third kappa shape index (κ3) is 6.95. The van der Waals surface area contributed by atoms with Crippen LogP contribution in [0.15, 0.2) is 36.5 Å². The average Bonchev–Trinajstić information content (AvgIpc) is 3.34. The molecule has 1 aliphatic rings. The Bertz CT molecular complexity index is 1040. The van der Waals surface area contributed by atoms with E-state index in [0.29, 0.717) is 37.2 Å². The molecule has 3 aromatic rings. The van der Waals surface area contributed by atoms with Crippen molar-refractivity contribution in [3.05, 3.63) is 36.5 Å². The van der Waals surface area contributed by atoms with Crippen LogP contribution >= 0.6 is 0 Å². The lowest BCUT2D eigenvalue weighted by atomic mass is 9.95. The maximum absolute atomic E-state index is 11.3. The molecule has 7 nitrogen and oxygen atoms in total. The molecule has 34 heavy (non-hydrogen) atoms. The maximum Gasteiger partial charge on any atom is 0.231 e.